The van der Waals surface area contributed by atoms with Crippen LogP contribution in [0.2, 0.25) is 5.02 Å². The molecule has 5 nitrogen and oxygen atoms in total. The monoisotopic (exact) mass is 341 g/mol. The van der Waals surface area contributed by atoms with Gasteiger partial charge in [-0.05, 0) is 29.8 Å². The van der Waals surface area contributed by atoms with Crippen LogP contribution < -0.4 is 10.4 Å². The summed E-state index contributed by atoms with van der Waals surface area (Å²) < 4.78 is 1.69. The first-order valence-electron chi connectivity index (χ1n) is 7.29. The van der Waals surface area contributed by atoms with Crippen molar-refractivity contribution in [2.75, 3.05) is 0 Å². The Balaban J connectivity index is 1.94. The van der Waals surface area contributed by atoms with Crippen molar-refractivity contribution >= 4 is 34.4 Å². The van der Waals surface area contributed by atoms with Crippen LogP contribution in [0.3, 0.4) is 0 Å². The van der Waals surface area contributed by atoms with E-state index in [-0.39, 0.29) is 0 Å². The molecule has 2 aromatic carbocycles. The lowest BCUT2D eigenvalue weighted by Gasteiger charge is -2.20. The Hall–Kier alpha value is -2.79. The smallest absolute Gasteiger partial charge is 0.268 e. The zero-order chi connectivity index (χ0) is 17.3. The topological polar surface area (TPSA) is 74.2 Å². The molecule has 0 aliphatic carbocycles. The van der Waals surface area contributed by atoms with Crippen LogP contribution in [0.15, 0.2) is 54.6 Å². The molecule has 6 heteroatoms. The molecule has 3 aromatic rings. The van der Waals surface area contributed by atoms with Gasteiger partial charge in [0.15, 0.2) is 0 Å². The number of hydrogen-bond acceptors (Lipinski definition) is 3. The largest absolute Gasteiger partial charge is 0.548 e. The molecule has 0 saturated carbocycles. The number of hydrogen-bond donors (Lipinski definition) is 1. The van der Waals surface area contributed by atoms with Crippen molar-refractivity contribution in [3.63, 3.8) is 0 Å². The molecule has 3 rings (SSSR count). The van der Waals surface area contributed by atoms with Gasteiger partial charge in [0.2, 0.25) is 0 Å². The molecule has 0 fully saturated rings. The summed E-state index contributed by atoms with van der Waals surface area (Å²) >= 11 is 5.97. The highest BCUT2D eigenvalue weighted by Crippen LogP contribution is 2.23. The Labute approximate surface area is 143 Å². The number of nitrogens with zero attached hydrogens (tertiary/aromatic N) is 1. The molecular weight excluding hydrogens is 328 g/mol. The minimum Gasteiger partial charge on any atom is -0.548 e. The van der Waals surface area contributed by atoms with E-state index >= 15 is 0 Å². The SMILES string of the molecule is Cn1c(C(=O)N[C@@H](C(=O)[O-])c2ccccc2)cc2cc(Cl)ccc21. The molecule has 1 heterocycles. The quantitative estimate of drug-likeness (QED) is 0.789. The Morgan fingerprint density at radius 3 is 2.50 bits per heavy atom. The lowest BCUT2D eigenvalue weighted by Crippen LogP contribution is -2.41. The van der Waals surface area contributed by atoms with Crippen molar-refractivity contribution < 1.29 is 14.7 Å². The number of fused-ring (bicyclic) bond motifs is 1. The Morgan fingerprint density at radius 1 is 1.12 bits per heavy atom. The van der Waals surface area contributed by atoms with E-state index in [1.54, 1.807) is 60.1 Å². The zero-order valence-corrected chi connectivity index (χ0v) is 13.6. The average molecular weight is 342 g/mol. The molecule has 0 radical (unpaired) electrons. The summed E-state index contributed by atoms with van der Waals surface area (Å²) in [7, 11) is 1.74. The summed E-state index contributed by atoms with van der Waals surface area (Å²) in [6.45, 7) is 0. The predicted molar refractivity (Wildman–Crippen MR) is 89.6 cm³/mol. The highest BCUT2D eigenvalue weighted by molar-refractivity contribution is 6.31. The van der Waals surface area contributed by atoms with E-state index in [2.05, 4.69) is 5.32 Å². The second-order valence-electron chi connectivity index (χ2n) is 5.43. The molecule has 0 bridgehead atoms. The number of amides is 1. The summed E-state index contributed by atoms with van der Waals surface area (Å²) in [5, 5.41) is 15.3. The zero-order valence-electron chi connectivity index (χ0n) is 12.8. The molecule has 122 valence electrons. The molecule has 1 N–H and O–H groups in total. The standard InChI is InChI=1S/C18H15ClN2O3/c1-21-14-8-7-13(19)9-12(14)10-15(21)17(22)20-16(18(23)24)11-5-3-2-4-6-11/h2-10,16H,1H3,(H,20,22)(H,23,24)/p-1/t16-/m1/s1. The van der Waals surface area contributed by atoms with Gasteiger partial charge in [-0.25, -0.2) is 0 Å². The third-order valence-corrected chi connectivity index (χ3v) is 4.12. The lowest BCUT2D eigenvalue weighted by molar-refractivity contribution is -0.308. The number of carboxylic acids is 1. The van der Waals surface area contributed by atoms with E-state index in [0.29, 0.717) is 16.3 Å². The van der Waals surface area contributed by atoms with Crippen molar-refractivity contribution in [1.82, 2.24) is 9.88 Å². The third kappa shape index (κ3) is 2.98. The van der Waals surface area contributed by atoms with Crippen LogP contribution in [0.1, 0.15) is 22.1 Å². The molecule has 1 atom stereocenters. The number of carbonyl (C=O) groups is 2. The fraction of sp³-hybridized carbons (Fsp3) is 0.111. The fourth-order valence-corrected chi connectivity index (χ4v) is 2.85. The van der Waals surface area contributed by atoms with Gasteiger partial charge in [0.1, 0.15) is 5.69 Å². The van der Waals surface area contributed by atoms with Gasteiger partial charge in [0.05, 0.1) is 12.0 Å². The van der Waals surface area contributed by atoms with Crippen LogP contribution in [-0.4, -0.2) is 16.4 Å². The molecule has 0 saturated heterocycles. The normalized spacial score (nSPS) is 12.1. The van der Waals surface area contributed by atoms with Crippen LogP contribution in [-0.2, 0) is 11.8 Å². The molecule has 24 heavy (non-hydrogen) atoms. The number of nitrogens with one attached hydrogen (secondary N) is 1. The molecule has 0 unspecified atom stereocenters. The second kappa shape index (κ2) is 6.37. The van der Waals surface area contributed by atoms with Crippen LogP contribution in [0.5, 0.6) is 0 Å². The lowest BCUT2D eigenvalue weighted by atomic mass is 10.1. The number of rotatable bonds is 4. The number of carboxylic acid groups (broad SMARTS) is 1. The van der Waals surface area contributed by atoms with Gasteiger partial charge in [-0.2, -0.15) is 0 Å². The Bertz CT molecular complexity index is 919. The van der Waals surface area contributed by atoms with Gasteiger partial charge in [0, 0.05) is 23.0 Å². The Kier molecular flexibility index (Phi) is 4.27. The van der Waals surface area contributed by atoms with E-state index in [1.807, 2.05) is 6.07 Å². The first-order valence-corrected chi connectivity index (χ1v) is 7.67. The van der Waals surface area contributed by atoms with Gasteiger partial charge in [0.25, 0.3) is 5.91 Å². The van der Waals surface area contributed by atoms with Gasteiger partial charge in [-0.15, -0.1) is 0 Å². The second-order valence-corrected chi connectivity index (χ2v) is 5.86. The minimum atomic E-state index is -1.36. The maximum atomic E-state index is 12.6. The van der Waals surface area contributed by atoms with Crippen LogP contribution in [0, 0.1) is 0 Å². The van der Waals surface area contributed by atoms with E-state index < -0.39 is 17.9 Å². The molecule has 0 aliphatic heterocycles. The van der Waals surface area contributed by atoms with Crippen molar-refractivity contribution in [2.24, 2.45) is 7.05 Å². The van der Waals surface area contributed by atoms with Crippen molar-refractivity contribution in [3.8, 4) is 0 Å². The van der Waals surface area contributed by atoms with Crippen molar-refractivity contribution in [1.29, 1.82) is 0 Å². The fourth-order valence-electron chi connectivity index (χ4n) is 2.67. The number of aromatic nitrogens is 1. The van der Waals surface area contributed by atoms with Crippen LogP contribution in [0.25, 0.3) is 10.9 Å². The first-order chi connectivity index (χ1) is 11.5. The number of carbonyl (C=O) groups excluding carboxylic acids is 2. The maximum Gasteiger partial charge on any atom is 0.268 e. The van der Waals surface area contributed by atoms with Gasteiger partial charge in [-0.1, -0.05) is 41.9 Å². The van der Waals surface area contributed by atoms with Gasteiger partial charge >= 0.3 is 0 Å². The van der Waals surface area contributed by atoms with Gasteiger partial charge < -0.3 is 19.8 Å². The number of halogens is 1. The molecule has 0 spiro atoms. The summed E-state index contributed by atoms with van der Waals surface area (Å²) in [4.78, 5) is 24.0. The van der Waals surface area contributed by atoms with Crippen molar-refractivity contribution in [3.05, 3.63) is 70.9 Å². The highest BCUT2D eigenvalue weighted by Gasteiger charge is 2.19. The first kappa shape index (κ1) is 16.1. The van der Waals surface area contributed by atoms with Crippen LogP contribution in [0.4, 0.5) is 0 Å². The summed E-state index contributed by atoms with van der Waals surface area (Å²) in [5.41, 5.74) is 1.62. The number of benzene rings is 2. The molecule has 1 aromatic heterocycles. The van der Waals surface area contributed by atoms with Gasteiger partial charge in [-0.3, -0.25) is 4.79 Å². The van der Waals surface area contributed by atoms with Crippen molar-refractivity contribution in [2.45, 2.75) is 6.04 Å². The number of aryl methyl sites for hydroxylation is 1. The third-order valence-electron chi connectivity index (χ3n) is 3.88. The average Bonchev–Trinajstić information content (AvgIpc) is 2.89. The molecular formula is C18H14ClN2O3-. The Morgan fingerprint density at radius 2 is 1.83 bits per heavy atom. The number of aliphatic carboxylic acids is 1. The summed E-state index contributed by atoms with van der Waals surface area (Å²) in [6, 6.07) is 14.2. The molecule has 1 amide bonds. The van der Waals surface area contributed by atoms with E-state index in [0.717, 1.165) is 10.9 Å². The van der Waals surface area contributed by atoms with E-state index in [4.69, 9.17) is 11.6 Å². The predicted octanol–water partition coefficient (Wildman–Crippen LogP) is 2.05. The molecule has 0 aliphatic rings. The van der Waals surface area contributed by atoms with E-state index in [9.17, 15) is 14.7 Å². The van der Waals surface area contributed by atoms with E-state index in [1.165, 1.54) is 0 Å². The maximum absolute atomic E-state index is 12.6. The minimum absolute atomic E-state index is 0.342. The summed E-state index contributed by atoms with van der Waals surface area (Å²) in [6.07, 6.45) is 0. The highest BCUT2D eigenvalue weighted by atomic mass is 35.5. The summed E-state index contributed by atoms with van der Waals surface area (Å²) in [5.74, 6) is -1.86. The van der Waals surface area contributed by atoms with Crippen LogP contribution >= 0.6 is 11.6 Å².